The summed E-state index contributed by atoms with van der Waals surface area (Å²) < 4.78 is 10.1. The third-order valence-corrected chi connectivity index (χ3v) is 3.36. The van der Waals surface area contributed by atoms with E-state index in [9.17, 15) is 9.59 Å². The fourth-order valence-electron chi connectivity index (χ4n) is 1.90. The highest BCUT2D eigenvalue weighted by molar-refractivity contribution is 5.97. The second-order valence-corrected chi connectivity index (χ2v) is 5.11. The molecule has 22 heavy (non-hydrogen) atoms. The van der Waals surface area contributed by atoms with Gasteiger partial charge in [0.1, 0.15) is 5.76 Å². The van der Waals surface area contributed by atoms with E-state index in [0.717, 1.165) is 11.1 Å². The zero-order valence-corrected chi connectivity index (χ0v) is 13.0. The maximum absolute atomic E-state index is 12.2. The van der Waals surface area contributed by atoms with Crippen molar-refractivity contribution in [3.63, 3.8) is 0 Å². The first-order valence-corrected chi connectivity index (χ1v) is 6.90. The van der Waals surface area contributed by atoms with Gasteiger partial charge in [0.2, 0.25) is 0 Å². The molecule has 1 heterocycles. The quantitative estimate of drug-likeness (QED) is 0.878. The van der Waals surface area contributed by atoms with Gasteiger partial charge in [-0.25, -0.2) is 4.79 Å². The Morgan fingerprint density at radius 3 is 2.64 bits per heavy atom. The summed E-state index contributed by atoms with van der Waals surface area (Å²) in [7, 11) is 0. The Hall–Kier alpha value is -2.63. The maximum atomic E-state index is 12.2. The van der Waals surface area contributed by atoms with Crippen molar-refractivity contribution >= 4 is 17.7 Å². The Kier molecular flexibility index (Phi) is 4.60. The van der Waals surface area contributed by atoms with Gasteiger partial charge in [-0.3, -0.25) is 4.79 Å². The first-order chi connectivity index (χ1) is 10.4. The van der Waals surface area contributed by atoms with E-state index in [-0.39, 0.29) is 5.82 Å². The highest BCUT2D eigenvalue weighted by atomic mass is 16.5. The molecule has 1 aromatic heterocycles. The molecule has 6 nitrogen and oxygen atoms in total. The molecular weight excluding hydrogens is 284 g/mol. The van der Waals surface area contributed by atoms with Crippen molar-refractivity contribution < 1.29 is 18.8 Å². The van der Waals surface area contributed by atoms with Crippen molar-refractivity contribution in [3.05, 3.63) is 46.7 Å². The molecule has 0 spiro atoms. The molecule has 2 rings (SSSR count). The topological polar surface area (TPSA) is 81.4 Å². The van der Waals surface area contributed by atoms with Crippen molar-refractivity contribution in [2.24, 2.45) is 0 Å². The lowest BCUT2D eigenvalue weighted by atomic mass is 10.0. The molecule has 0 aliphatic heterocycles. The van der Waals surface area contributed by atoms with Crippen LogP contribution in [0.3, 0.4) is 0 Å². The van der Waals surface area contributed by atoms with E-state index in [4.69, 9.17) is 9.26 Å². The van der Waals surface area contributed by atoms with Crippen LogP contribution in [0, 0.1) is 20.8 Å². The minimum atomic E-state index is -0.940. The van der Waals surface area contributed by atoms with E-state index in [1.807, 2.05) is 19.9 Å². The van der Waals surface area contributed by atoms with E-state index in [0.29, 0.717) is 11.3 Å². The van der Waals surface area contributed by atoms with Gasteiger partial charge in [0.15, 0.2) is 11.9 Å². The van der Waals surface area contributed by atoms with Gasteiger partial charge in [0, 0.05) is 6.07 Å². The van der Waals surface area contributed by atoms with Gasteiger partial charge in [-0.15, -0.1) is 0 Å². The number of amides is 1. The Morgan fingerprint density at radius 2 is 2.00 bits per heavy atom. The zero-order chi connectivity index (χ0) is 16.3. The number of hydrogen-bond donors (Lipinski definition) is 1. The Morgan fingerprint density at radius 1 is 1.27 bits per heavy atom. The summed E-state index contributed by atoms with van der Waals surface area (Å²) in [5.41, 5.74) is 2.29. The molecule has 1 atom stereocenters. The first kappa shape index (κ1) is 15.8. The minimum Gasteiger partial charge on any atom is -0.449 e. The number of aryl methyl sites for hydroxylation is 2. The summed E-state index contributed by atoms with van der Waals surface area (Å²) in [6.45, 7) is 6.97. The molecule has 0 saturated heterocycles. The van der Waals surface area contributed by atoms with Crippen LogP contribution >= 0.6 is 0 Å². The molecule has 0 bridgehead atoms. The van der Waals surface area contributed by atoms with Gasteiger partial charge in [-0.05, 0) is 44.9 Å². The van der Waals surface area contributed by atoms with Crippen molar-refractivity contribution in [2.45, 2.75) is 33.8 Å². The highest BCUT2D eigenvalue weighted by Gasteiger charge is 2.21. The molecule has 2 aromatic rings. The molecule has 0 aliphatic rings. The van der Waals surface area contributed by atoms with Crippen LogP contribution in [0.15, 0.2) is 28.8 Å². The van der Waals surface area contributed by atoms with Crippen LogP contribution in [0.25, 0.3) is 0 Å². The van der Waals surface area contributed by atoms with Crippen molar-refractivity contribution in [2.75, 3.05) is 5.32 Å². The van der Waals surface area contributed by atoms with Gasteiger partial charge in [-0.1, -0.05) is 17.3 Å². The SMILES string of the molecule is Cc1cc(NC(=O)[C@@H](C)OC(=O)c2cccc(C)c2C)no1. The van der Waals surface area contributed by atoms with E-state index in [2.05, 4.69) is 10.5 Å². The minimum absolute atomic E-state index is 0.289. The molecule has 0 unspecified atom stereocenters. The first-order valence-electron chi connectivity index (χ1n) is 6.90. The van der Waals surface area contributed by atoms with Gasteiger partial charge in [-0.2, -0.15) is 0 Å². The van der Waals surface area contributed by atoms with Crippen LogP contribution < -0.4 is 5.32 Å². The number of benzene rings is 1. The molecule has 0 aliphatic carbocycles. The summed E-state index contributed by atoms with van der Waals surface area (Å²) in [5, 5.41) is 6.18. The highest BCUT2D eigenvalue weighted by Crippen LogP contribution is 2.15. The molecule has 6 heteroatoms. The van der Waals surface area contributed by atoms with Gasteiger partial charge < -0.3 is 14.6 Å². The lowest BCUT2D eigenvalue weighted by Gasteiger charge is -2.14. The van der Waals surface area contributed by atoms with Crippen molar-refractivity contribution in [1.29, 1.82) is 0 Å². The smallest absolute Gasteiger partial charge is 0.339 e. The third-order valence-electron chi connectivity index (χ3n) is 3.36. The number of rotatable bonds is 4. The third kappa shape index (κ3) is 3.52. The number of hydrogen-bond acceptors (Lipinski definition) is 5. The lowest BCUT2D eigenvalue weighted by molar-refractivity contribution is -0.123. The Labute approximate surface area is 128 Å². The Balaban J connectivity index is 2.01. The average Bonchev–Trinajstić information content (AvgIpc) is 2.86. The molecule has 0 radical (unpaired) electrons. The monoisotopic (exact) mass is 302 g/mol. The summed E-state index contributed by atoms with van der Waals surface area (Å²) >= 11 is 0. The molecule has 1 N–H and O–H groups in total. The number of anilines is 1. The number of nitrogens with one attached hydrogen (secondary N) is 1. The van der Waals surface area contributed by atoms with Crippen LogP contribution in [0.5, 0.6) is 0 Å². The summed E-state index contributed by atoms with van der Waals surface area (Å²) in [4.78, 5) is 24.1. The average molecular weight is 302 g/mol. The fraction of sp³-hybridized carbons (Fsp3) is 0.312. The predicted molar refractivity (Wildman–Crippen MR) is 80.7 cm³/mol. The number of aromatic nitrogens is 1. The molecule has 116 valence electrons. The number of carbonyl (C=O) groups is 2. The number of nitrogens with zero attached hydrogens (tertiary/aromatic N) is 1. The molecule has 0 saturated carbocycles. The van der Waals surface area contributed by atoms with Crippen LogP contribution in [-0.4, -0.2) is 23.1 Å². The number of ether oxygens (including phenoxy) is 1. The van der Waals surface area contributed by atoms with E-state index >= 15 is 0 Å². The second kappa shape index (κ2) is 6.43. The fourth-order valence-corrected chi connectivity index (χ4v) is 1.90. The molecular formula is C16H18N2O4. The van der Waals surface area contributed by atoms with Gasteiger partial charge >= 0.3 is 5.97 Å². The summed E-state index contributed by atoms with van der Waals surface area (Å²) in [6, 6.07) is 6.95. The van der Waals surface area contributed by atoms with Crippen LogP contribution in [0.2, 0.25) is 0 Å². The zero-order valence-electron chi connectivity index (χ0n) is 13.0. The lowest BCUT2D eigenvalue weighted by Crippen LogP contribution is -2.30. The molecule has 0 fully saturated rings. The van der Waals surface area contributed by atoms with E-state index < -0.39 is 18.0 Å². The molecule has 1 aromatic carbocycles. The van der Waals surface area contributed by atoms with Crippen LogP contribution in [0.1, 0.15) is 34.2 Å². The Bertz CT molecular complexity index is 706. The van der Waals surface area contributed by atoms with E-state index in [1.54, 1.807) is 25.1 Å². The largest absolute Gasteiger partial charge is 0.449 e. The van der Waals surface area contributed by atoms with Crippen molar-refractivity contribution in [3.8, 4) is 0 Å². The normalized spacial score (nSPS) is 11.8. The standard InChI is InChI=1S/C16H18N2O4/c1-9-6-5-7-13(11(9)3)16(20)21-12(4)15(19)17-14-8-10(2)22-18-14/h5-8,12H,1-4H3,(H,17,18,19)/t12-/m1/s1. The summed E-state index contributed by atoms with van der Waals surface area (Å²) in [5.74, 6) is -0.125. The second-order valence-electron chi connectivity index (χ2n) is 5.11. The maximum Gasteiger partial charge on any atom is 0.339 e. The van der Waals surface area contributed by atoms with Gasteiger partial charge in [0.05, 0.1) is 5.56 Å². The number of esters is 1. The van der Waals surface area contributed by atoms with Crippen molar-refractivity contribution in [1.82, 2.24) is 5.16 Å². The molecule has 1 amide bonds. The van der Waals surface area contributed by atoms with Crippen LogP contribution in [0.4, 0.5) is 5.82 Å². The van der Waals surface area contributed by atoms with Crippen LogP contribution in [-0.2, 0) is 9.53 Å². The van der Waals surface area contributed by atoms with E-state index in [1.165, 1.54) is 6.92 Å². The predicted octanol–water partition coefficient (Wildman–Crippen LogP) is 2.78. The van der Waals surface area contributed by atoms with Gasteiger partial charge in [0.25, 0.3) is 5.91 Å². The summed E-state index contributed by atoms with van der Waals surface area (Å²) in [6.07, 6.45) is -0.940. The number of carbonyl (C=O) groups excluding carboxylic acids is 2.